The highest BCUT2D eigenvalue weighted by Crippen LogP contribution is 2.21. The van der Waals surface area contributed by atoms with Gasteiger partial charge < -0.3 is 15.6 Å². The van der Waals surface area contributed by atoms with E-state index in [1.807, 2.05) is 36.5 Å². The molecule has 0 spiro atoms. The van der Waals surface area contributed by atoms with Crippen molar-refractivity contribution in [1.29, 1.82) is 0 Å². The van der Waals surface area contributed by atoms with Crippen LogP contribution in [0.25, 0.3) is 0 Å². The summed E-state index contributed by atoms with van der Waals surface area (Å²) in [6, 6.07) is 9.70. The number of benzene rings is 1. The lowest BCUT2D eigenvalue weighted by Crippen LogP contribution is -2.06. The monoisotopic (exact) mass is 327 g/mol. The molecule has 0 unspecified atom stereocenters. The van der Waals surface area contributed by atoms with Crippen LogP contribution in [0.1, 0.15) is 12.7 Å². The first-order valence-electron chi connectivity index (χ1n) is 7.21. The molecule has 3 aromatic rings. The third kappa shape index (κ3) is 3.98. The molecule has 0 bridgehead atoms. The summed E-state index contributed by atoms with van der Waals surface area (Å²) >= 11 is 1.57. The van der Waals surface area contributed by atoms with Gasteiger partial charge in [0, 0.05) is 24.6 Å². The van der Waals surface area contributed by atoms with E-state index in [-0.39, 0.29) is 5.95 Å². The molecule has 0 aliphatic heterocycles. The molecule has 0 radical (unpaired) electrons. The minimum absolute atomic E-state index is 0.202. The molecule has 3 N–H and O–H groups in total. The summed E-state index contributed by atoms with van der Waals surface area (Å²) in [5.41, 5.74) is 6.69. The van der Waals surface area contributed by atoms with E-state index in [4.69, 9.17) is 5.73 Å². The molecule has 2 aromatic heterocycles. The van der Waals surface area contributed by atoms with Crippen LogP contribution >= 0.6 is 11.8 Å². The average Bonchev–Trinajstić information content (AvgIpc) is 3.01. The van der Waals surface area contributed by atoms with Gasteiger partial charge in [-0.15, -0.1) is 0 Å². The van der Waals surface area contributed by atoms with Crippen molar-refractivity contribution in [3.05, 3.63) is 48.5 Å². The minimum Gasteiger partial charge on any atom is -0.368 e. The Morgan fingerprint density at radius 1 is 1.17 bits per heavy atom. The number of nitrogens with one attached hydrogen (secondary N) is 1. The van der Waals surface area contributed by atoms with Gasteiger partial charge in [-0.1, -0.05) is 30.0 Å². The number of anilines is 3. The highest BCUT2D eigenvalue weighted by molar-refractivity contribution is 7.98. The van der Waals surface area contributed by atoms with E-state index >= 15 is 0 Å². The predicted molar refractivity (Wildman–Crippen MR) is 91.4 cm³/mol. The van der Waals surface area contributed by atoms with Crippen LogP contribution in [0.5, 0.6) is 0 Å². The Morgan fingerprint density at radius 3 is 2.78 bits per heavy atom. The van der Waals surface area contributed by atoms with Gasteiger partial charge in [-0.25, -0.2) is 4.98 Å². The van der Waals surface area contributed by atoms with E-state index in [0.717, 1.165) is 17.4 Å². The van der Waals surface area contributed by atoms with Gasteiger partial charge in [0.2, 0.25) is 11.9 Å². The first-order chi connectivity index (χ1) is 11.2. The molecule has 23 heavy (non-hydrogen) atoms. The van der Waals surface area contributed by atoms with Gasteiger partial charge >= 0.3 is 0 Å². The fourth-order valence-corrected chi connectivity index (χ4v) is 2.89. The van der Waals surface area contributed by atoms with Crippen molar-refractivity contribution in [2.24, 2.45) is 0 Å². The summed E-state index contributed by atoms with van der Waals surface area (Å²) in [6.45, 7) is 2.96. The molecule has 0 saturated heterocycles. The number of hydrogen-bond donors (Lipinski definition) is 2. The molecular formula is C15H17N7S. The topological polar surface area (TPSA) is 94.5 Å². The number of rotatable bonds is 6. The number of nitrogens with zero attached hydrogens (tertiary/aromatic N) is 5. The van der Waals surface area contributed by atoms with Crippen molar-refractivity contribution in [1.82, 2.24) is 24.5 Å². The van der Waals surface area contributed by atoms with E-state index in [1.54, 1.807) is 18.0 Å². The van der Waals surface area contributed by atoms with Crippen LogP contribution in [0.3, 0.4) is 0 Å². The molecule has 7 nitrogen and oxygen atoms in total. The lowest BCUT2D eigenvalue weighted by atomic mass is 10.3. The summed E-state index contributed by atoms with van der Waals surface area (Å²) in [4.78, 5) is 17.0. The van der Waals surface area contributed by atoms with Crippen LogP contribution in [0.2, 0.25) is 0 Å². The lowest BCUT2D eigenvalue weighted by Gasteiger charge is -2.07. The Hall–Kier alpha value is -2.61. The summed E-state index contributed by atoms with van der Waals surface area (Å²) in [5, 5.41) is 4.06. The second-order valence-corrected chi connectivity index (χ2v) is 5.65. The minimum atomic E-state index is 0.202. The van der Waals surface area contributed by atoms with Crippen molar-refractivity contribution < 1.29 is 0 Å². The maximum atomic E-state index is 5.79. The van der Waals surface area contributed by atoms with Crippen LogP contribution in [0.15, 0.2) is 47.9 Å². The Kier molecular flexibility index (Phi) is 4.72. The molecule has 3 rings (SSSR count). The third-order valence-corrected chi connectivity index (χ3v) is 4.08. The number of thioether (sulfide) groups is 1. The Labute approximate surface area is 138 Å². The van der Waals surface area contributed by atoms with Crippen molar-refractivity contribution in [3.63, 3.8) is 0 Å². The average molecular weight is 327 g/mol. The fourth-order valence-electron chi connectivity index (χ4n) is 2.01. The quantitative estimate of drug-likeness (QED) is 0.672. The highest BCUT2D eigenvalue weighted by atomic mass is 32.2. The standard InChI is InChI=1S/C15H17N7S/c1-2-22-9-8-17-15(22)23-10-12-19-13(16)21-14(20-12)18-11-6-4-3-5-7-11/h3-9H,2,10H2,1H3,(H3,16,18,19,20,21). The van der Waals surface area contributed by atoms with Crippen molar-refractivity contribution in [2.45, 2.75) is 24.4 Å². The first kappa shape index (κ1) is 15.3. The fraction of sp³-hybridized carbons (Fsp3) is 0.200. The molecule has 0 atom stereocenters. The van der Waals surface area contributed by atoms with Gasteiger partial charge in [-0.3, -0.25) is 0 Å². The van der Waals surface area contributed by atoms with Crippen molar-refractivity contribution >= 4 is 29.3 Å². The molecule has 0 aliphatic carbocycles. The van der Waals surface area contributed by atoms with Gasteiger partial charge in [0.1, 0.15) is 5.82 Å². The van der Waals surface area contributed by atoms with Crippen LogP contribution in [-0.4, -0.2) is 24.5 Å². The van der Waals surface area contributed by atoms with Crippen LogP contribution in [-0.2, 0) is 12.3 Å². The molecule has 0 aliphatic rings. The van der Waals surface area contributed by atoms with Gasteiger partial charge in [0.25, 0.3) is 0 Å². The summed E-state index contributed by atoms with van der Waals surface area (Å²) in [5.74, 6) is 1.84. The molecule has 0 fully saturated rings. The van der Waals surface area contributed by atoms with E-state index in [1.165, 1.54) is 0 Å². The first-order valence-corrected chi connectivity index (χ1v) is 8.19. The van der Waals surface area contributed by atoms with E-state index in [2.05, 4.69) is 36.7 Å². The second-order valence-electron chi connectivity index (χ2n) is 4.71. The SMILES string of the molecule is CCn1ccnc1SCc1nc(N)nc(Nc2ccccc2)n1. The van der Waals surface area contributed by atoms with Crippen molar-refractivity contribution in [2.75, 3.05) is 11.1 Å². The van der Waals surface area contributed by atoms with Crippen molar-refractivity contribution in [3.8, 4) is 0 Å². The maximum absolute atomic E-state index is 5.79. The Bertz CT molecular complexity index is 773. The van der Waals surface area contributed by atoms with E-state index < -0.39 is 0 Å². The number of hydrogen-bond acceptors (Lipinski definition) is 7. The number of imidazole rings is 1. The van der Waals surface area contributed by atoms with Crippen LogP contribution < -0.4 is 11.1 Å². The second kappa shape index (κ2) is 7.10. The number of nitrogen functional groups attached to an aromatic ring is 1. The molecule has 118 valence electrons. The largest absolute Gasteiger partial charge is 0.368 e. The summed E-state index contributed by atoms with van der Waals surface area (Å²) < 4.78 is 2.07. The number of aryl methyl sites for hydroxylation is 1. The molecule has 0 saturated carbocycles. The third-order valence-electron chi connectivity index (χ3n) is 3.08. The lowest BCUT2D eigenvalue weighted by molar-refractivity contribution is 0.680. The number of nitrogens with two attached hydrogens (primary N) is 1. The predicted octanol–water partition coefficient (Wildman–Crippen LogP) is 2.71. The smallest absolute Gasteiger partial charge is 0.232 e. The summed E-state index contributed by atoms with van der Waals surface area (Å²) in [7, 11) is 0. The van der Waals surface area contributed by atoms with Gasteiger partial charge in [0.05, 0.1) is 5.75 Å². The van der Waals surface area contributed by atoms with Gasteiger partial charge in [-0.05, 0) is 19.1 Å². The van der Waals surface area contributed by atoms with E-state index in [9.17, 15) is 0 Å². The van der Waals surface area contributed by atoms with Gasteiger partial charge in [-0.2, -0.15) is 15.0 Å². The van der Waals surface area contributed by atoms with Crippen LogP contribution in [0.4, 0.5) is 17.6 Å². The highest BCUT2D eigenvalue weighted by Gasteiger charge is 2.08. The van der Waals surface area contributed by atoms with E-state index in [0.29, 0.717) is 17.5 Å². The van der Waals surface area contributed by atoms with Crippen LogP contribution in [0, 0.1) is 0 Å². The molecular weight excluding hydrogens is 310 g/mol. The maximum Gasteiger partial charge on any atom is 0.232 e. The normalized spacial score (nSPS) is 10.7. The molecule has 2 heterocycles. The Morgan fingerprint density at radius 2 is 2.00 bits per heavy atom. The molecule has 1 aromatic carbocycles. The number of para-hydroxylation sites is 1. The molecule has 0 amide bonds. The zero-order chi connectivity index (χ0) is 16.1. The molecule has 8 heteroatoms. The Balaban J connectivity index is 1.72. The number of aromatic nitrogens is 5. The summed E-state index contributed by atoms with van der Waals surface area (Å²) in [6.07, 6.45) is 3.74. The zero-order valence-corrected chi connectivity index (χ0v) is 13.5. The van der Waals surface area contributed by atoms with Gasteiger partial charge in [0.15, 0.2) is 5.16 Å². The zero-order valence-electron chi connectivity index (χ0n) is 12.7.